The number of nitrogens with one attached hydrogen (secondary N) is 1. The Morgan fingerprint density at radius 1 is 1.39 bits per heavy atom. The lowest BCUT2D eigenvalue weighted by atomic mass is 9.90. The summed E-state index contributed by atoms with van der Waals surface area (Å²) in [5.41, 5.74) is 1.60. The van der Waals surface area contributed by atoms with E-state index in [2.05, 4.69) is 31.3 Å². The summed E-state index contributed by atoms with van der Waals surface area (Å²) in [5, 5.41) is 3.55. The summed E-state index contributed by atoms with van der Waals surface area (Å²) < 4.78 is 5.68. The Balaban J connectivity index is 1.82. The van der Waals surface area contributed by atoms with E-state index >= 15 is 0 Å². The van der Waals surface area contributed by atoms with Crippen LogP contribution in [0.5, 0.6) is 5.75 Å². The third kappa shape index (κ3) is 3.39. The van der Waals surface area contributed by atoms with E-state index in [0.717, 1.165) is 37.7 Å². The number of para-hydroxylation sites is 1. The van der Waals surface area contributed by atoms with E-state index in [1.807, 2.05) is 12.1 Å². The predicted octanol–water partition coefficient (Wildman–Crippen LogP) is 3.41. The number of rotatable bonds is 6. The van der Waals surface area contributed by atoms with Crippen molar-refractivity contribution in [2.45, 2.75) is 26.2 Å². The van der Waals surface area contributed by atoms with Crippen LogP contribution in [0.2, 0.25) is 0 Å². The van der Waals surface area contributed by atoms with E-state index in [0.29, 0.717) is 5.92 Å². The van der Waals surface area contributed by atoms with Gasteiger partial charge in [-0.25, -0.2) is 0 Å². The van der Waals surface area contributed by atoms with Gasteiger partial charge in [-0.2, -0.15) is 0 Å². The van der Waals surface area contributed by atoms with Crippen molar-refractivity contribution >= 4 is 11.6 Å². The number of alkyl halides is 1. The highest BCUT2D eigenvalue weighted by Crippen LogP contribution is 2.33. The fraction of sp³-hybridized carbons (Fsp3) is 0.600. The molecule has 1 atom stereocenters. The molecule has 0 saturated carbocycles. The average Bonchev–Trinajstić information content (AvgIpc) is 2.73. The zero-order chi connectivity index (χ0) is 13.0. The van der Waals surface area contributed by atoms with Gasteiger partial charge in [-0.3, -0.25) is 0 Å². The Hall–Kier alpha value is -0.730. The van der Waals surface area contributed by atoms with Gasteiger partial charge in [-0.05, 0) is 17.9 Å². The predicted molar refractivity (Wildman–Crippen MR) is 76.7 cm³/mol. The van der Waals surface area contributed by atoms with Crippen molar-refractivity contribution in [3.05, 3.63) is 29.8 Å². The van der Waals surface area contributed by atoms with Crippen LogP contribution in [0.3, 0.4) is 0 Å². The molecule has 0 spiro atoms. The Bertz CT molecular complexity index is 392. The molecule has 2 rings (SSSR count). The second-order valence-electron chi connectivity index (χ2n) is 5.78. The summed E-state index contributed by atoms with van der Waals surface area (Å²) in [6, 6.07) is 8.32. The molecule has 0 fully saturated rings. The summed E-state index contributed by atoms with van der Waals surface area (Å²) in [6.45, 7) is 7.27. The number of benzene rings is 1. The lowest BCUT2D eigenvalue weighted by Gasteiger charge is -2.24. The van der Waals surface area contributed by atoms with Gasteiger partial charge in [0.05, 0.1) is 6.61 Å². The SMILES string of the molecule is CC(C)(CCCl)CNCC1COc2ccccc21. The number of ether oxygens (including phenoxy) is 1. The third-order valence-corrected chi connectivity index (χ3v) is 3.75. The van der Waals surface area contributed by atoms with Gasteiger partial charge >= 0.3 is 0 Å². The fourth-order valence-corrected chi connectivity index (χ4v) is 2.84. The van der Waals surface area contributed by atoms with E-state index in [4.69, 9.17) is 16.3 Å². The second kappa shape index (κ2) is 5.94. The molecule has 1 aliphatic heterocycles. The zero-order valence-corrected chi connectivity index (χ0v) is 12.0. The van der Waals surface area contributed by atoms with E-state index in [-0.39, 0.29) is 5.41 Å². The number of hydrogen-bond acceptors (Lipinski definition) is 2. The minimum absolute atomic E-state index is 0.265. The van der Waals surface area contributed by atoms with Crippen molar-refractivity contribution in [2.75, 3.05) is 25.6 Å². The van der Waals surface area contributed by atoms with Crippen LogP contribution >= 0.6 is 11.6 Å². The van der Waals surface area contributed by atoms with Crippen molar-refractivity contribution in [3.8, 4) is 5.75 Å². The van der Waals surface area contributed by atoms with Gasteiger partial charge in [-0.1, -0.05) is 32.0 Å². The van der Waals surface area contributed by atoms with E-state index in [1.165, 1.54) is 5.56 Å². The number of hydrogen-bond donors (Lipinski definition) is 1. The van der Waals surface area contributed by atoms with Crippen LogP contribution in [-0.2, 0) is 0 Å². The molecule has 1 aromatic carbocycles. The topological polar surface area (TPSA) is 21.3 Å². The molecule has 1 aromatic rings. The van der Waals surface area contributed by atoms with Gasteiger partial charge < -0.3 is 10.1 Å². The molecule has 1 heterocycles. The van der Waals surface area contributed by atoms with Crippen molar-refractivity contribution in [2.24, 2.45) is 5.41 Å². The summed E-state index contributed by atoms with van der Waals surface area (Å²) >= 11 is 5.81. The lowest BCUT2D eigenvalue weighted by molar-refractivity contribution is 0.302. The Morgan fingerprint density at radius 3 is 2.94 bits per heavy atom. The highest BCUT2D eigenvalue weighted by atomic mass is 35.5. The van der Waals surface area contributed by atoms with Gasteiger partial charge in [0.1, 0.15) is 5.75 Å². The van der Waals surface area contributed by atoms with Crippen LogP contribution in [0.25, 0.3) is 0 Å². The van der Waals surface area contributed by atoms with Crippen molar-refractivity contribution in [1.29, 1.82) is 0 Å². The summed E-state index contributed by atoms with van der Waals surface area (Å²) in [4.78, 5) is 0. The standard InChI is InChI=1S/C15H22ClNO/c1-15(2,7-8-16)11-17-9-12-10-18-14-6-4-3-5-13(12)14/h3-6,12,17H,7-11H2,1-2H3. The smallest absolute Gasteiger partial charge is 0.122 e. The maximum atomic E-state index is 5.81. The first-order chi connectivity index (χ1) is 8.62. The van der Waals surface area contributed by atoms with Crippen molar-refractivity contribution in [1.82, 2.24) is 5.32 Å². The first kappa shape index (κ1) is 13.7. The fourth-order valence-electron chi connectivity index (χ4n) is 2.33. The molecule has 100 valence electrons. The molecule has 0 aromatic heterocycles. The quantitative estimate of drug-likeness (QED) is 0.798. The van der Waals surface area contributed by atoms with Crippen LogP contribution in [0, 0.1) is 5.41 Å². The van der Waals surface area contributed by atoms with Crippen LogP contribution in [0.4, 0.5) is 0 Å². The molecule has 1 aliphatic rings. The monoisotopic (exact) mass is 267 g/mol. The maximum absolute atomic E-state index is 5.81. The van der Waals surface area contributed by atoms with Crippen molar-refractivity contribution in [3.63, 3.8) is 0 Å². The van der Waals surface area contributed by atoms with Gasteiger partial charge in [0.25, 0.3) is 0 Å². The molecule has 0 amide bonds. The summed E-state index contributed by atoms with van der Waals surface area (Å²) in [5.74, 6) is 2.25. The Kier molecular flexibility index (Phi) is 4.52. The molecular weight excluding hydrogens is 246 g/mol. The van der Waals surface area contributed by atoms with Crippen LogP contribution in [0.15, 0.2) is 24.3 Å². The van der Waals surface area contributed by atoms with E-state index in [1.54, 1.807) is 0 Å². The van der Waals surface area contributed by atoms with Gasteiger partial charge in [0.2, 0.25) is 0 Å². The zero-order valence-electron chi connectivity index (χ0n) is 11.2. The molecule has 3 heteroatoms. The largest absolute Gasteiger partial charge is 0.493 e. The number of halogens is 1. The minimum atomic E-state index is 0.265. The van der Waals surface area contributed by atoms with Gasteiger partial charge in [-0.15, -0.1) is 11.6 Å². The van der Waals surface area contributed by atoms with Crippen LogP contribution in [-0.4, -0.2) is 25.6 Å². The summed E-state index contributed by atoms with van der Waals surface area (Å²) in [7, 11) is 0. The highest BCUT2D eigenvalue weighted by molar-refractivity contribution is 6.17. The molecular formula is C15H22ClNO. The van der Waals surface area contributed by atoms with Gasteiger partial charge in [0, 0.05) is 30.5 Å². The van der Waals surface area contributed by atoms with Crippen LogP contribution < -0.4 is 10.1 Å². The average molecular weight is 268 g/mol. The lowest BCUT2D eigenvalue weighted by Crippen LogP contribution is -2.33. The molecule has 18 heavy (non-hydrogen) atoms. The molecule has 0 aliphatic carbocycles. The molecule has 1 unspecified atom stereocenters. The summed E-state index contributed by atoms with van der Waals surface area (Å²) in [6.07, 6.45) is 1.04. The van der Waals surface area contributed by atoms with Gasteiger partial charge in [0.15, 0.2) is 0 Å². The van der Waals surface area contributed by atoms with Crippen LogP contribution in [0.1, 0.15) is 31.7 Å². The van der Waals surface area contributed by atoms with E-state index < -0.39 is 0 Å². The molecule has 2 nitrogen and oxygen atoms in total. The molecule has 0 saturated heterocycles. The normalized spacial score (nSPS) is 18.5. The first-order valence-corrected chi connectivity index (χ1v) is 7.14. The Morgan fingerprint density at radius 2 is 2.17 bits per heavy atom. The first-order valence-electron chi connectivity index (χ1n) is 6.61. The Labute approximate surface area is 115 Å². The van der Waals surface area contributed by atoms with E-state index in [9.17, 15) is 0 Å². The minimum Gasteiger partial charge on any atom is -0.493 e. The molecule has 0 radical (unpaired) electrons. The highest BCUT2D eigenvalue weighted by Gasteiger charge is 2.24. The molecule has 1 N–H and O–H groups in total. The maximum Gasteiger partial charge on any atom is 0.122 e. The van der Waals surface area contributed by atoms with Crippen molar-refractivity contribution < 1.29 is 4.74 Å². The third-order valence-electron chi connectivity index (χ3n) is 3.56. The number of fused-ring (bicyclic) bond motifs is 1. The molecule has 0 bridgehead atoms. The second-order valence-corrected chi connectivity index (χ2v) is 6.16.